The van der Waals surface area contributed by atoms with Crippen LogP contribution in [0.25, 0.3) is 0 Å². The SMILES string of the molecule is CC(C)CCCN(CCCC(C)C)S(=O)[O-]. The maximum Gasteiger partial charge on any atom is 0.0209 e. The molecular formula is C12H26NO2S-. The molecule has 0 aliphatic rings. The third-order valence-electron chi connectivity index (χ3n) is 2.59. The summed E-state index contributed by atoms with van der Waals surface area (Å²) >= 11 is -2.05. The van der Waals surface area contributed by atoms with Crippen molar-refractivity contribution in [2.45, 2.75) is 53.4 Å². The molecule has 0 N–H and O–H groups in total. The lowest BCUT2D eigenvalue weighted by Crippen LogP contribution is -2.28. The van der Waals surface area contributed by atoms with Crippen molar-refractivity contribution in [1.82, 2.24) is 4.31 Å². The Morgan fingerprint density at radius 3 is 1.62 bits per heavy atom. The smallest absolute Gasteiger partial charge is 0.0209 e. The molecule has 0 saturated carbocycles. The highest BCUT2D eigenvalue weighted by molar-refractivity contribution is 7.76. The highest BCUT2D eigenvalue weighted by atomic mass is 32.2. The fourth-order valence-corrected chi connectivity index (χ4v) is 2.17. The molecule has 0 aromatic heterocycles. The standard InChI is InChI=1S/C12H27NO2S/c1-11(2)7-5-9-13(16(14)15)10-6-8-12(3)4/h11-12H,5-10H2,1-4H3,(H,14,15)/p-1. The van der Waals surface area contributed by atoms with Gasteiger partial charge in [0.25, 0.3) is 0 Å². The molecule has 0 rings (SSSR count). The van der Waals surface area contributed by atoms with Gasteiger partial charge in [0.1, 0.15) is 0 Å². The van der Waals surface area contributed by atoms with Gasteiger partial charge in [-0.25, -0.2) is 4.31 Å². The molecule has 0 aliphatic carbocycles. The van der Waals surface area contributed by atoms with Crippen LogP contribution in [-0.4, -0.2) is 26.2 Å². The minimum absolute atomic E-state index is 0.651. The molecule has 0 radical (unpaired) electrons. The predicted octanol–water partition coefficient (Wildman–Crippen LogP) is 2.95. The molecule has 3 nitrogen and oxygen atoms in total. The third kappa shape index (κ3) is 9.31. The Morgan fingerprint density at radius 1 is 1.00 bits per heavy atom. The van der Waals surface area contributed by atoms with E-state index in [0.717, 1.165) is 25.7 Å². The zero-order chi connectivity index (χ0) is 12.6. The van der Waals surface area contributed by atoms with Crippen molar-refractivity contribution in [3.8, 4) is 0 Å². The zero-order valence-electron chi connectivity index (χ0n) is 11.1. The normalized spacial score (nSPS) is 14.0. The van der Waals surface area contributed by atoms with Crippen molar-refractivity contribution < 1.29 is 8.76 Å². The minimum Gasteiger partial charge on any atom is -0.760 e. The second-order valence-corrected chi connectivity index (χ2v) is 6.17. The number of rotatable bonds is 9. The van der Waals surface area contributed by atoms with E-state index in [1.807, 2.05) is 0 Å². The van der Waals surface area contributed by atoms with E-state index in [1.165, 1.54) is 0 Å². The monoisotopic (exact) mass is 248 g/mol. The minimum atomic E-state index is -2.05. The van der Waals surface area contributed by atoms with Gasteiger partial charge in [0.05, 0.1) is 0 Å². The van der Waals surface area contributed by atoms with Gasteiger partial charge in [0, 0.05) is 24.4 Å². The third-order valence-corrected chi connectivity index (χ3v) is 3.38. The van der Waals surface area contributed by atoms with Gasteiger partial charge in [-0.3, -0.25) is 4.21 Å². The Morgan fingerprint density at radius 2 is 1.38 bits per heavy atom. The summed E-state index contributed by atoms with van der Waals surface area (Å²) in [6, 6.07) is 0. The summed E-state index contributed by atoms with van der Waals surface area (Å²) in [7, 11) is 0. The van der Waals surface area contributed by atoms with E-state index in [0.29, 0.717) is 24.9 Å². The van der Waals surface area contributed by atoms with Gasteiger partial charge >= 0.3 is 0 Å². The fraction of sp³-hybridized carbons (Fsp3) is 1.00. The second-order valence-electron chi connectivity index (χ2n) is 5.22. The van der Waals surface area contributed by atoms with Gasteiger partial charge in [-0.05, 0) is 37.5 Å². The Hall–Kier alpha value is 0.0700. The van der Waals surface area contributed by atoms with E-state index >= 15 is 0 Å². The van der Waals surface area contributed by atoms with E-state index < -0.39 is 11.3 Å². The summed E-state index contributed by atoms with van der Waals surface area (Å²) in [4.78, 5) is 0. The molecule has 0 amide bonds. The van der Waals surface area contributed by atoms with Crippen molar-refractivity contribution >= 4 is 11.3 Å². The molecule has 0 fully saturated rings. The largest absolute Gasteiger partial charge is 0.760 e. The first kappa shape index (κ1) is 16.1. The summed E-state index contributed by atoms with van der Waals surface area (Å²) in [5, 5.41) is 0. The average molecular weight is 248 g/mol. The molecule has 1 unspecified atom stereocenters. The first-order valence-electron chi connectivity index (χ1n) is 6.27. The molecule has 0 saturated heterocycles. The van der Waals surface area contributed by atoms with Crippen molar-refractivity contribution in [3.05, 3.63) is 0 Å². The lowest BCUT2D eigenvalue weighted by molar-refractivity contribution is 0.354. The fourth-order valence-electron chi connectivity index (χ4n) is 1.61. The van der Waals surface area contributed by atoms with Gasteiger partial charge < -0.3 is 4.55 Å². The van der Waals surface area contributed by atoms with Gasteiger partial charge in [-0.2, -0.15) is 0 Å². The Balaban J connectivity index is 3.76. The highest BCUT2D eigenvalue weighted by Crippen LogP contribution is 2.09. The van der Waals surface area contributed by atoms with Gasteiger partial charge in [0.15, 0.2) is 0 Å². The van der Waals surface area contributed by atoms with Gasteiger partial charge in [-0.1, -0.05) is 27.7 Å². The summed E-state index contributed by atoms with van der Waals surface area (Å²) in [5.74, 6) is 1.30. The Kier molecular flexibility index (Phi) is 9.18. The van der Waals surface area contributed by atoms with Crippen LogP contribution in [0.2, 0.25) is 0 Å². The molecule has 98 valence electrons. The maximum absolute atomic E-state index is 11.0. The summed E-state index contributed by atoms with van der Waals surface area (Å²) in [6.07, 6.45) is 4.12. The van der Waals surface area contributed by atoms with Crippen LogP contribution in [0, 0.1) is 11.8 Å². The molecule has 0 heterocycles. The zero-order valence-corrected chi connectivity index (χ0v) is 11.9. The van der Waals surface area contributed by atoms with Crippen LogP contribution in [0.3, 0.4) is 0 Å². The van der Waals surface area contributed by atoms with E-state index in [1.54, 1.807) is 4.31 Å². The molecule has 0 aromatic carbocycles. The Labute approximate surface area is 103 Å². The maximum atomic E-state index is 11.0. The second kappa shape index (κ2) is 9.14. The van der Waals surface area contributed by atoms with Crippen LogP contribution >= 0.6 is 0 Å². The molecule has 0 aliphatic heterocycles. The molecule has 4 heteroatoms. The van der Waals surface area contributed by atoms with Crippen molar-refractivity contribution in [3.63, 3.8) is 0 Å². The number of hydrogen-bond donors (Lipinski definition) is 0. The van der Waals surface area contributed by atoms with Crippen molar-refractivity contribution in [1.29, 1.82) is 0 Å². The van der Waals surface area contributed by atoms with Crippen LogP contribution in [0.4, 0.5) is 0 Å². The first-order valence-corrected chi connectivity index (χ1v) is 7.31. The summed E-state index contributed by atoms with van der Waals surface area (Å²) in [5.41, 5.74) is 0. The molecule has 1 atom stereocenters. The van der Waals surface area contributed by atoms with E-state index in [9.17, 15) is 8.76 Å². The average Bonchev–Trinajstić information content (AvgIpc) is 2.14. The molecule has 16 heavy (non-hydrogen) atoms. The molecular weight excluding hydrogens is 222 g/mol. The van der Waals surface area contributed by atoms with Gasteiger partial charge in [0.2, 0.25) is 0 Å². The van der Waals surface area contributed by atoms with Crippen molar-refractivity contribution in [2.24, 2.45) is 11.8 Å². The van der Waals surface area contributed by atoms with Gasteiger partial charge in [-0.15, -0.1) is 0 Å². The molecule has 0 bridgehead atoms. The number of nitrogens with zero attached hydrogens (tertiary/aromatic N) is 1. The highest BCUT2D eigenvalue weighted by Gasteiger charge is 2.06. The van der Waals surface area contributed by atoms with Crippen LogP contribution in [0.1, 0.15) is 53.4 Å². The first-order chi connectivity index (χ1) is 7.43. The summed E-state index contributed by atoms with van der Waals surface area (Å²) < 4.78 is 23.5. The quantitative estimate of drug-likeness (QED) is 0.589. The lowest BCUT2D eigenvalue weighted by Gasteiger charge is -2.24. The molecule has 0 aromatic rings. The van der Waals surface area contributed by atoms with Crippen LogP contribution in [0.5, 0.6) is 0 Å². The Bertz CT molecular complexity index is 181. The number of hydrogen-bond acceptors (Lipinski definition) is 2. The molecule has 0 spiro atoms. The van der Waals surface area contributed by atoms with Crippen LogP contribution in [0.15, 0.2) is 0 Å². The predicted molar refractivity (Wildman–Crippen MR) is 68.6 cm³/mol. The van der Waals surface area contributed by atoms with Crippen molar-refractivity contribution in [2.75, 3.05) is 13.1 Å². The van der Waals surface area contributed by atoms with E-state index in [-0.39, 0.29) is 0 Å². The van der Waals surface area contributed by atoms with E-state index in [4.69, 9.17) is 0 Å². The summed E-state index contributed by atoms with van der Waals surface area (Å²) in [6.45, 7) is 10.0. The van der Waals surface area contributed by atoms with Crippen LogP contribution < -0.4 is 0 Å². The topological polar surface area (TPSA) is 43.4 Å². The lowest BCUT2D eigenvalue weighted by atomic mass is 10.1. The van der Waals surface area contributed by atoms with E-state index in [2.05, 4.69) is 27.7 Å². The van der Waals surface area contributed by atoms with Crippen LogP contribution in [-0.2, 0) is 11.3 Å².